The lowest BCUT2D eigenvalue weighted by Gasteiger charge is -2.09. The summed E-state index contributed by atoms with van der Waals surface area (Å²) in [6, 6.07) is 4.45. The van der Waals surface area contributed by atoms with Crippen LogP contribution in [-0.4, -0.2) is 26.5 Å². The van der Waals surface area contributed by atoms with E-state index in [4.69, 9.17) is 5.11 Å². The molecule has 9 heteroatoms. The molecule has 3 N–H and O–H groups in total. The molecule has 0 unspecified atom stereocenters. The van der Waals surface area contributed by atoms with Gasteiger partial charge >= 0.3 is 6.36 Å². The Morgan fingerprint density at radius 2 is 1.75 bits per heavy atom. The fourth-order valence-corrected chi connectivity index (χ4v) is 1.41. The minimum atomic E-state index is -4.80. The number of ether oxygens (including phenoxy) is 1. The lowest BCUT2D eigenvalue weighted by molar-refractivity contribution is -0.274. The number of H-pyrrole nitrogens is 1. The molecule has 106 valence electrons. The van der Waals surface area contributed by atoms with Gasteiger partial charge in [0.1, 0.15) is 11.6 Å². The highest BCUT2D eigenvalue weighted by Gasteiger charge is 2.31. The van der Waals surface area contributed by atoms with Crippen LogP contribution in [-0.2, 0) is 0 Å². The predicted octanol–water partition coefficient (Wildman–Crippen LogP) is 1.75. The summed E-state index contributed by atoms with van der Waals surface area (Å²) in [5.74, 6) is -2.36. The Morgan fingerprint density at radius 3 is 2.25 bits per heavy atom. The fraction of sp³-hybridized carbons (Fsp3) is 0.0909. The Kier molecular flexibility index (Phi) is 3.26. The zero-order valence-electron chi connectivity index (χ0n) is 9.60. The third kappa shape index (κ3) is 2.99. The minimum Gasteiger partial charge on any atom is -0.499 e. The zero-order valence-corrected chi connectivity index (χ0v) is 9.60. The van der Waals surface area contributed by atoms with Gasteiger partial charge in [-0.05, 0) is 24.3 Å². The molecule has 0 fully saturated rings. The molecule has 0 aliphatic carbocycles. The van der Waals surface area contributed by atoms with Crippen LogP contribution in [0.3, 0.4) is 0 Å². The molecule has 0 aliphatic rings. The Labute approximate surface area is 109 Å². The molecule has 2 rings (SSSR count). The van der Waals surface area contributed by atoms with E-state index in [9.17, 15) is 23.1 Å². The van der Waals surface area contributed by atoms with Gasteiger partial charge in [-0.15, -0.1) is 13.2 Å². The second-order valence-electron chi connectivity index (χ2n) is 3.66. The number of nitrogens with one attached hydrogen (secondary N) is 1. The number of hydrogen-bond acceptors (Lipinski definition) is 5. The van der Waals surface area contributed by atoms with Gasteiger partial charge in [0, 0.05) is 5.56 Å². The van der Waals surface area contributed by atoms with E-state index in [1.165, 1.54) is 12.1 Å². The molecule has 1 heterocycles. The lowest BCUT2D eigenvalue weighted by atomic mass is 10.2. The molecule has 20 heavy (non-hydrogen) atoms. The third-order valence-electron chi connectivity index (χ3n) is 2.24. The van der Waals surface area contributed by atoms with Crippen LogP contribution in [0.25, 0.3) is 11.4 Å². The number of halogens is 3. The maximum Gasteiger partial charge on any atom is 0.573 e. The average Bonchev–Trinajstić information content (AvgIpc) is 2.34. The second-order valence-corrected chi connectivity index (χ2v) is 3.66. The summed E-state index contributed by atoms with van der Waals surface area (Å²) in [6.45, 7) is 0. The van der Waals surface area contributed by atoms with Gasteiger partial charge in [-0.3, -0.25) is 4.79 Å². The predicted molar refractivity (Wildman–Crippen MR) is 60.3 cm³/mol. The monoisotopic (exact) mass is 288 g/mol. The molecular weight excluding hydrogens is 281 g/mol. The van der Waals surface area contributed by atoms with Crippen LogP contribution in [0.1, 0.15) is 0 Å². The molecule has 0 saturated carbocycles. The highest BCUT2D eigenvalue weighted by atomic mass is 19.4. The van der Waals surface area contributed by atoms with Gasteiger partial charge in [-0.2, -0.15) is 4.98 Å². The van der Waals surface area contributed by atoms with Gasteiger partial charge in [0.15, 0.2) is 0 Å². The summed E-state index contributed by atoms with van der Waals surface area (Å²) < 4.78 is 39.6. The van der Waals surface area contributed by atoms with E-state index in [2.05, 4.69) is 14.7 Å². The molecule has 6 nitrogen and oxygen atoms in total. The van der Waals surface area contributed by atoms with Crippen molar-refractivity contribution in [3.8, 4) is 28.8 Å². The normalized spacial score (nSPS) is 11.3. The summed E-state index contributed by atoms with van der Waals surface area (Å²) in [7, 11) is 0. The summed E-state index contributed by atoms with van der Waals surface area (Å²) in [4.78, 5) is 16.9. The molecule has 0 bridgehead atoms. The van der Waals surface area contributed by atoms with E-state index in [0.29, 0.717) is 0 Å². The van der Waals surface area contributed by atoms with Crippen molar-refractivity contribution in [2.75, 3.05) is 0 Å². The standard InChI is InChI=1S/C11H7F3N2O4/c12-11(13,14)20-6-3-1-5(2-4-6)8-15-9(18)7(17)10(19)16-8/h1-4,17H,(H2,15,16,18,19). The molecule has 0 saturated heterocycles. The van der Waals surface area contributed by atoms with E-state index in [-0.39, 0.29) is 11.4 Å². The van der Waals surface area contributed by atoms with E-state index in [1.54, 1.807) is 0 Å². The van der Waals surface area contributed by atoms with Crippen molar-refractivity contribution in [1.29, 1.82) is 0 Å². The molecular formula is C11H7F3N2O4. The maximum atomic E-state index is 12.0. The van der Waals surface area contributed by atoms with Crippen LogP contribution in [0.2, 0.25) is 0 Å². The Morgan fingerprint density at radius 1 is 1.15 bits per heavy atom. The van der Waals surface area contributed by atoms with Crippen molar-refractivity contribution in [2.45, 2.75) is 6.36 Å². The molecule has 2 aromatic rings. The topological polar surface area (TPSA) is 95.4 Å². The van der Waals surface area contributed by atoms with Crippen molar-refractivity contribution in [1.82, 2.24) is 9.97 Å². The van der Waals surface area contributed by atoms with Crippen molar-refractivity contribution in [2.24, 2.45) is 0 Å². The number of benzene rings is 1. The van der Waals surface area contributed by atoms with Crippen LogP contribution in [0.4, 0.5) is 13.2 Å². The van der Waals surface area contributed by atoms with Crippen molar-refractivity contribution < 1.29 is 28.1 Å². The number of aromatic amines is 1. The third-order valence-corrected chi connectivity index (χ3v) is 2.24. The molecule has 0 radical (unpaired) electrons. The van der Waals surface area contributed by atoms with Crippen LogP contribution >= 0.6 is 0 Å². The Bertz CT molecular complexity index is 680. The Hall–Kier alpha value is -2.71. The van der Waals surface area contributed by atoms with Crippen molar-refractivity contribution in [3.05, 3.63) is 34.6 Å². The fourth-order valence-electron chi connectivity index (χ4n) is 1.41. The number of rotatable bonds is 2. The first-order valence-corrected chi connectivity index (χ1v) is 5.15. The van der Waals surface area contributed by atoms with E-state index >= 15 is 0 Å². The number of aromatic nitrogens is 2. The first-order valence-electron chi connectivity index (χ1n) is 5.15. The molecule has 0 aliphatic heterocycles. The van der Waals surface area contributed by atoms with Gasteiger partial charge < -0.3 is 19.9 Å². The van der Waals surface area contributed by atoms with Gasteiger partial charge in [-0.25, -0.2) is 0 Å². The number of alkyl halides is 3. The largest absolute Gasteiger partial charge is 0.573 e. The SMILES string of the molecule is O=c1[nH]c(-c2ccc(OC(F)(F)F)cc2)nc(O)c1O. The summed E-state index contributed by atoms with van der Waals surface area (Å²) in [6.07, 6.45) is -4.80. The molecule has 0 amide bonds. The molecule has 0 atom stereocenters. The van der Waals surface area contributed by atoms with Gasteiger partial charge in [0.05, 0.1) is 0 Å². The molecule has 1 aromatic carbocycles. The average molecular weight is 288 g/mol. The number of nitrogens with zero attached hydrogens (tertiary/aromatic N) is 1. The van der Waals surface area contributed by atoms with Gasteiger partial charge in [-0.1, -0.05) is 0 Å². The first-order chi connectivity index (χ1) is 9.26. The summed E-state index contributed by atoms with van der Waals surface area (Å²) in [5, 5.41) is 18.2. The zero-order chi connectivity index (χ0) is 14.9. The minimum absolute atomic E-state index is 0.108. The van der Waals surface area contributed by atoms with Gasteiger partial charge in [0.25, 0.3) is 11.4 Å². The van der Waals surface area contributed by atoms with Crippen molar-refractivity contribution in [3.63, 3.8) is 0 Å². The summed E-state index contributed by atoms with van der Waals surface area (Å²) >= 11 is 0. The quantitative estimate of drug-likeness (QED) is 0.782. The molecule has 0 spiro atoms. The van der Waals surface area contributed by atoms with Crippen LogP contribution in [0.5, 0.6) is 17.4 Å². The van der Waals surface area contributed by atoms with E-state index in [1.807, 2.05) is 0 Å². The number of hydrogen-bond donors (Lipinski definition) is 3. The van der Waals surface area contributed by atoms with E-state index < -0.39 is 29.3 Å². The Balaban J connectivity index is 2.33. The van der Waals surface area contributed by atoms with Crippen LogP contribution < -0.4 is 10.3 Å². The number of aromatic hydroxyl groups is 2. The highest BCUT2D eigenvalue weighted by Crippen LogP contribution is 2.26. The maximum absolute atomic E-state index is 12.0. The second kappa shape index (κ2) is 4.76. The van der Waals surface area contributed by atoms with Crippen LogP contribution in [0, 0.1) is 0 Å². The smallest absolute Gasteiger partial charge is 0.499 e. The summed E-state index contributed by atoms with van der Waals surface area (Å²) in [5.41, 5.74) is -0.741. The van der Waals surface area contributed by atoms with Gasteiger partial charge in [0.2, 0.25) is 5.75 Å². The molecule has 1 aromatic heterocycles. The lowest BCUT2D eigenvalue weighted by Crippen LogP contribution is -2.17. The van der Waals surface area contributed by atoms with Crippen LogP contribution in [0.15, 0.2) is 29.1 Å². The highest BCUT2D eigenvalue weighted by molar-refractivity contribution is 5.57. The van der Waals surface area contributed by atoms with Crippen molar-refractivity contribution >= 4 is 0 Å². The first kappa shape index (κ1) is 13.7. The van der Waals surface area contributed by atoms with E-state index in [0.717, 1.165) is 12.1 Å².